The van der Waals surface area contributed by atoms with Gasteiger partial charge in [-0.25, -0.2) is 14.2 Å². The smallest absolute Gasteiger partial charge is 0.319 e. The van der Waals surface area contributed by atoms with Crippen molar-refractivity contribution in [1.29, 1.82) is 0 Å². The number of piperidine rings is 1. The number of hydrogen-bond acceptors (Lipinski definition) is 3. The molecular weight excluding hydrogens is 331 g/mol. The largest absolute Gasteiger partial charge is 0.357 e. The van der Waals surface area contributed by atoms with Gasteiger partial charge in [-0.05, 0) is 56.4 Å². The topological polar surface area (TPSA) is 57.3 Å². The summed E-state index contributed by atoms with van der Waals surface area (Å²) in [4.78, 5) is 18.8. The molecule has 1 aromatic carbocycles. The lowest BCUT2D eigenvalue weighted by Crippen LogP contribution is -2.36. The van der Waals surface area contributed by atoms with Crippen LogP contribution in [0.3, 0.4) is 0 Å². The number of amides is 2. The van der Waals surface area contributed by atoms with Crippen molar-refractivity contribution < 1.29 is 9.18 Å². The number of fused-ring (bicyclic) bond motifs is 1. The highest BCUT2D eigenvalue weighted by atomic mass is 19.1. The number of nitrogens with zero attached hydrogens (tertiary/aromatic N) is 2. The molecule has 0 bridgehead atoms. The summed E-state index contributed by atoms with van der Waals surface area (Å²) in [5, 5.41) is 6.40. The van der Waals surface area contributed by atoms with Crippen LogP contribution in [0.2, 0.25) is 0 Å². The van der Waals surface area contributed by atoms with Crippen molar-refractivity contribution in [2.24, 2.45) is 0 Å². The van der Waals surface area contributed by atoms with Crippen LogP contribution < -0.4 is 15.5 Å². The molecule has 2 aliphatic rings. The monoisotopic (exact) mass is 356 g/mol. The lowest BCUT2D eigenvalue weighted by Gasteiger charge is -2.27. The van der Waals surface area contributed by atoms with Gasteiger partial charge in [-0.3, -0.25) is 0 Å². The maximum absolute atomic E-state index is 14.6. The molecule has 4 rings (SSSR count). The van der Waals surface area contributed by atoms with Crippen molar-refractivity contribution in [3.63, 3.8) is 0 Å². The van der Waals surface area contributed by atoms with E-state index in [4.69, 9.17) is 0 Å². The van der Waals surface area contributed by atoms with Crippen molar-refractivity contribution in [2.45, 2.75) is 51.0 Å². The summed E-state index contributed by atoms with van der Waals surface area (Å²) in [6.45, 7) is 1.95. The Hall–Kier alpha value is -2.37. The second-order valence-corrected chi connectivity index (χ2v) is 7.33. The van der Waals surface area contributed by atoms with Crippen LogP contribution in [0.25, 0.3) is 10.9 Å². The van der Waals surface area contributed by atoms with Crippen LogP contribution in [0.5, 0.6) is 0 Å². The summed E-state index contributed by atoms with van der Waals surface area (Å²) >= 11 is 0. The van der Waals surface area contributed by atoms with E-state index in [1.165, 1.54) is 12.5 Å². The van der Waals surface area contributed by atoms with Crippen molar-refractivity contribution >= 4 is 28.4 Å². The molecule has 1 saturated heterocycles. The molecule has 2 fully saturated rings. The van der Waals surface area contributed by atoms with Crippen LogP contribution in [0, 0.1) is 5.82 Å². The van der Waals surface area contributed by atoms with Crippen molar-refractivity contribution in [3.05, 3.63) is 30.1 Å². The molecule has 2 aromatic rings. The fourth-order valence-corrected chi connectivity index (χ4v) is 3.98. The van der Waals surface area contributed by atoms with Gasteiger partial charge < -0.3 is 15.5 Å². The van der Waals surface area contributed by atoms with Crippen molar-refractivity contribution in [1.82, 2.24) is 10.3 Å². The van der Waals surface area contributed by atoms with Gasteiger partial charge in [0.1, 0.15) is 11.3 Å². The summed E-state index contributed by atoms with van der Waals surface area (Å²) in [5.74, 6) is 0.424. The third-order valence-electron chi connectivity index (χ3n) is 5.36. The maximum atomic E-state index is 14.6. The predicted molar refractivity (Wildman–Crippen MR) is 102 cm³/mol. The minimum atomic E-state index is -0.405. The zero-order valence-electron chi connectivity index (χ0n) is 14.9. The van der Waals surface area contributed by atoms with Gasteiger partial charge in [-0.1, -0.05) is 12.8 Å². The maximum Gasteiger partial charge on any atom is 0.319 e. The van der Waals surface area contributed by atoms with E-state index >= 15 is 0 Å². The van der Waals surface area contributed by atoms with Crippen LogP contribution in [0.1, 0.15) is 44.9 Å². The number of pyridine rings is 1. The van der Waals surface area contributed by atoms with Crippen LogP contribution >= 0.6 is 0 Å². The molecule has 0 spiro atoms. The Morgan fingerprint density at radius 3 is 2.62 bits per heavy atom. The normalized spacial score (nSPS) is 18.3. The predicted octanol–water partition coefficient (Wildman–Crippen LogP) is 4.43. The Kier molecular flexibility index (Phi) is 4.91. The minimum Gasteiger partial charge on any atom is -0.357 e. The first-order valence-corrected chi connectivity index (χ1v) is 9.62. The molecule has 6 heteroatoms. The standard InChI is InChI=1S/C20H25FN4O/c21-17-13-16(23-20(26)22-15-6-2-3-7-15)12-14-8-9-18(24-19(14)17)25-10-4-1-5-11-25/h8-9,12-13,15H,1-7,10-11H2,(H2,22,23,26). The highest BCUT2D eigenvalue weighted by Gasteiger charge is 2.18. The first-order chi connectivity index (χ1) is 12.7. The molecule has 1 aliphatic heterocycles. The molecule has 2 N–H and O–H groups in total. The first-order valence-electron chi connectivity index (χ1n) is 9.62. The zero-order chi connectivity index (χ0) is 17.9. The van der Waals surface area contributed by atoms with Crippen LogP contribution in [0.4, 0.5) is 20.7 Å². The molecule has 1 aliphatic carbocycles. The highest BCUT2D eigenvalue weighted by Crippen LogP contribution is 2.26. The molecule has 0 unspecified atom stereocenters. The molecule has 5 nitrogen and oxygen atoms in total. The van der Waals surface area contributed by atoms with Crippen LogP contribution in [-0.2, 0) is 0 Å². The highest BCUT2D eigenvalue weighted by molar-refractivity contribution is 5.93. The summed E-state index contributed by atoms with van der Waals surface area (Å²) in [6.07, 6.45) is 7.89. The Morgan fingerprint density at radius 1 is 1.08 bits per heavy atom. The number of nitrogens with one attached hydrogen (secondary N) is 2. The van der Waals surface area contributed by atoms with E-state index < -0.39 is 5.82 Å². The first kappa shape index (κ1) is 17.1. The van der Waals surface area contributed by atoms with Gasteiger partial charge in [0.15, 0.2) is 5.82 Å². The van der Waals surface area contributed by atoms with Gasteiger partial charge in [-0.15, -0.1) is 0 Å². The van der Waals surface area contributed by atoms with E-state index in [0.29, 0.717) is 16.6 Å². The average molecular weight is 356 g/mol. The van der Waals surface area contributed by atoms with E-state index in [9.17, 15) is 9.18 Å². The Balaban J connectivity index is 1.51. The number of benzene rings is 1. The summed E-state index contributed by atoms with van der Waals surface area (Å²) < 4.78 is 14.6. The van der Waals surface area contributed by atoms with Crippen molar-refractivity contribution in [2.75, 3.05) is 23.3 Å². The number of carbonyl (C=O) groups is 1. The van der Waals surface area contributed by atoms with E-state index in [-0.39, 0.29) is 12.1 Å². The number of urea groups is 1. The van der Waals surface area contributed by atoms with Gasteiger partial charge in [0.2, 0.25) is 0 Å². The third-order valence-corrected chi connectivity index (χ3v) is 5.36. The Bertz CT molecular complexity index is 798. The molecule has 1 aromatic heterocycles. The number of hydrogen-bond donors (Lipinski definition) is 2. The second-order valence-electron chi connectivity index (χ2n) is 7.33. The van der Waals surface area contributed by atoms with Gasteiger partial charge >= 0.3 is 6.03 Å². The molecule has 0 radical (unpaired) electrons. The van der Waals surface area contributed by atoms with Gasteiger partial charge in [-0.2, -0.15) is 0 Å². The van der Waals surface area contributed by atoms with Crippen molar-refractivity contribution in [3.8, 4) is 0 Å². The van der Waals surface area contributed by atoms with E-state index in [0.717, 1.165) is 57.4 Å². The number of aromatic nitrogens is 1. The van der Waals surface area contributed by atoms with E-state index in [1.807, 2.05) is 12.1 Å². The second kappa shape index (κ2) is 7.48. The molecule has 0 atom stereocenters. The number of carbonyl (C=O) groups excluding carboxylic acids is 1. The van der Waals surface area contributed by atoms with E-state index in [2.05, 4.69) is 20.5 Å². The quantitative estimate of drug-likeness (QED) is 0.855. The fourth-order valence-electron chi connectivity index (χ4n) is 3.98. The lowest BCUT2D eigenvalue weighted by atomic mass is 10.1. The molecule has 138 valence electrons. The minimum absolute atomic E-state index is 0.231. The van der Waals surface area contributed by atoms with Crippen LogP contribution in [0.15, 0.2) is 24.3 Å². The fraction of sp³-hybridized carbons (Fsp3) is 0.500. The molecule has 1 saturated carbocycles. The lowest BCUT2D eigenvalue weighted by molar-refractivity contribution is 0.248. The summed E-state index contributed by atoms with van der Waals surface area (Å²) in [5.41, 5.74) is 0.813. The molecule has 26 heavy (non-hydrogen) atoms. The summed E-state index contributed by atoms with van der Waals surface area (Å²) in [7, 11) is 0. The van der Waals surface area contributed by atoms with Gasteiger partial charge in [0.25, 0.3) is 0 Å². The third kappa shape index (κ3) is 3.74. The number of rotatable bonds is 3. The van der Waals surface area contributed by atoms with Gasteiger partial charge in [0.05, 0.1) is 0 Å². The Morgan fingerprint density at radius 2 is 1.85 bits per heavy atom. The number of halogens is 1. The molecule has 2 heterocycles. The SMILES string of the molecule is O=C(Nc1cc(F)c2nc(N3CCCCC3)ccc2c1)NC1CCCC1. The average Bonchev–Trinajstić information content (AvgIpc) is 3.15. The number of anilines is 2. The van der Waals surface area contributed by atoms with Crippen LogP contribution in [-0.4, -0.2) is 30.1 Å². The Labute approximate surface area is 153 Å². The zero-order valence-corrected chi connectivity index (χ0v) is 14.9. The van der Waals surface area contributed by atoms with Gasteiger partial charge in [0, 0.05) is 30.2 Å². The summed E-state index contributed by atoms with van der Waals surface area (Å²) in [6, 6.07) is 6.91. The molecule has 2 amide bonds. The van der Waals surface area contributed by atoms with E-state index in [1.54, 1.807) is 6.07 Å². The molecular formula is C20H25FN4O.